The second kappa shape index (κ2) is 6.37. The van der Waals surface area contributed by atoms with Gasteiger partial charge in [-0.05, 0) is 24.0 Å². The Kier molecular flexibility index (Phi) is 4.56. The summed E-state index contributed by atoms with van der Waals surface area (Å²) in [7, 11) is 0. The highest BCUT2D eigenvalue weighted by atomic mass is 16.6. The van der Waals surface area contributed by atoms with Crippen LogP contribution < -0.4 is 0 Å². The van der Waals surface area contributed by atoms with Gasteiger partial charge in [-0.3, -0.25) is 4.79 Å². The van der Waals surface area contributed by atoms with E-state index in [1.54, 1.807) is 6.08 Å². The maximum absolute atomic E-state index is 12.1. The van der Waals surface area contributed by atoms with Gasteiger partial charge in [-0.15, -0.1) is 0 Å². The third-order valence-corrected chi connectivity index (χ3v) is 3.14. The van der Waals surface area contributed by atoms with E-state index in [9.17, 15) is 9.59 Å². The van der Waals surface area contributed by atoms with Crippen molar-refractivity contribution in [3.63, 3.8) is 0 Å². The van der Waals surface area contributed by atoms with Gasteiger partial charge in [0.25, 0.3) is 5.91 Å². The zero-order valence-corrected chi connectivity index (χ0v) is 11.8. The molecule has 4 nitrogen and oxygen atoms in total. The van der Waals surface area contributed by atoms with E-state index in [2.05, 4.69) is 0 Å². The molecule has 0 saturated carbocycles. The van der Waals surface area contributed by atoms with Crippen LogP contribution in [0.2, 0.25) is 0 Å². The van der Waals surface area contributed by atoms with Crippen LogP contribution in [0.5, 0.6) is 0 Å². The van der Waals surface area contributed by atoms with E-state index >= 15 is 0 Å². The number of benzene rings is 1. The Balaban J connectivity index is 2.09. The second-order valence-electron chi connectivity index (χ2n) is 5.23. The van der Waals surface area contributed by atoms with E-state index in [0.29, 0.717) is 6.42 Å². The predicted molar refractivity (Wildman–Crippen MR) is 76.1 cm³/mol. The van der Waals surface area contributed by atoms with Crippen LogP contribution in [0.25, 0.3) is 0 Å². The number of rotatable bonds is 4. The van der Waals surface area contributed by atoms with Crippen molar-refractivity contribution in [3.8, 4) is 0 Å². The average Bonchev–Trinajstić information content (AvgIpc) is 2.78. The lowest BCUT2D eigenvalue weighted by Crippen LogP contribution is -2.39. The first-order valence-corrected chi connectivity index (χ1v) is 6.80. The largest absolute Gasteiger partial charge is 0.447 e. The van der Waals surface area contributed by atoms with Crippen molar-refractivity contribution in [1.82, 2.24) is 4.90 Å². The molecule has 0 N–H and O–H groups in total. The summed E-state index contributed by atoms with van der Waals surface area (Å²) in [6.45, 7) is 4.22. The minimum absolute atomic E-state index is 0.228. The normalized spacial score (nSPS) is 18.9. The number of carbonyl (C=O) groups excluding carboxylic acids is 2. The van der Waals surface area contributed by atoms with Crippen LogP contribution in [-0.4, -0.2) is 29.5 Å². The van der Waals surface area contributed by atoms with E-state index in [0.717, 1.165) is 5.56 Å². The number of carbonyl (C=O) groups is 2. The van der Waals surface area contributed by atoms with Crippen molar-refractivity contribution in [2.45, 2.75) is 26.3 Å². The molecule has 1 saturated heterocycles. The molecule has 106 valence electrons. The average molecular weight is 273 g/mol. The third kappa shape index (κ3) is 3.47. The van der Waals surface area contributed by atoms with E-state index in [4.69, 9.17) is 4.74 Å². The van der Waals surface area contributed by atoms with Crippen LogP contribution in [0.3, 0.4) is 0 Å². The van der Waals surface area contributed by atoms with Gasteiger partial charge in [0, 0.05) is 0 Å². The monoisotopic (exact) mass is 273 g/mol. The number of hydrogen-bond donors (Lipinski definition) is 0. The molecule has 0 radical (unpaired) electrons. The first-order chi connectivity index (χ1) is 9.58. The molecule has 1 aliphatic rings. The molecule has 0 unspecified atom stereocenters. The molecule has 1 fully saturated rings. The molecule has 2 rings (SSSR count). The van der Waals surface area contributed by atoms with Crippen molar-refractivity contribution in [3.05, 3.63) is 48.0 Å². The number of imide groups is 1. The first-order valence-electron chi connectivity index (χ1n) is 6.80. The van der Waals surface area contributed by atoms with Gasteiger partial charge < -0.3 is 4.74 Å². The fourth-order valence-corrected chi connectivity index (χ4v) is 2.12. The Morgan fingerprint density at radius 2 is 2.10 bits per heavy atom. The minimum atomic E-state index is -0.552. The summed E-state index contributed by atoms with van der Waals surface area (Å²) < 4.78 is 5.01. The Hall–Kier alpha value is -2.10. The topological polar surface area (TPSA) is 46.6 Å². The zero-order valence-electron chi connectivity index (χ0n) is 11.8. The lowest BCUT2D eigenvalue weighted by Gasteiger charge is -2.18. The Morgan fingerprint density at radius 1 is 1.40 bits per heavy atom. The van der Waals surface area contributed by atoms with Gasteiger partial charge in [0.2, 0.25) is 0 Å². The summed E-state index contributed by atoms with van der Waals surface area (Å²) >= 11 is 0. The van der Waals surface area contributed by atoms with E-state index in [1.165, 1.54) is 11.0 Å². The van der Waals surface area contributed by atoms with Gasteiger partial charge in [-0.25, -0.2) is 9.69 Å². The van der Waals surface area contributed by atoms with Crippen molar-refractivity contribution < 1.29 is 14.3 Å². The number of allylic oxidation sites excluding steroid dienone is 1. The SMILES string of the molecule is CC(C)/C=C/C(=O)N1C(=O)OC[C@@H]1Cc1ccccc1. The highest BCUT2D eigenvalue weighted by Crippen LogP contribution is 2.18. The molecule has 1 aliphatic heterocycles. The lowest BCUT2D eigenvalue weighted by molar-refractivity contribution is -0.124. The van der Waals surface area contributed by atoms with Gasteiger partial charge in [0.15, 0.2) is 0 Å². The summed E-state index contributed by atoms with van der Waals surface area (Å²) in [6, 6.07) is 9.56. The van der Waals surface area contributed by atoms with Crippen LogP contribution in [0.1, 0.15) is 19.4 Å². The summed E-state index contributed by atoms with van der Waals surface area (Å²) in [5, 5.41) is 0. The molecule has 1 atom stereocenters. The maximum atomic E-state index is 12.1. The number of hydrogen-bond acceptors (Lipinski definition) is 3. The van der Waals surface area contributed by atoms with Crippen LogP contribution in [0, 0.1) is 5.92 Å². The zero-order chi connectivity index (χ0) is 14.5. The van der Waals surface area contributed by atoms with Crippen molar-refractivity contribution >= 4 is 12.0 Å². The maximum Gasteiger partial charge on any atom is 0.417 e. The van der Waals surface area contributed by atoms with Gasteiger partial charge in [-0.2, -0.15) is 0 Å². The standard InChI is InChI=1S/C16H19NO3/c1-12(2)8-9-15(18)17-14(11-20-16(17)19)10-13-6-4-3-5-7-13/h3-9,12,14H,10-11H2,1-2H3/b9-8+/t14-/m0/s1. The summed E-state index contributed by atoms with van der Waals surface area (Å²) in [4.78, 5) is 25.0. The van der Waals surface area contributed by atoms with Gasteiger partial charge >= 0.3 is 6.09 Å². The van der Waals surface area contributed by atoms with Crippen molar-refractivity contribution in [2.24, 2.45) is 5.92 Å². The van der Waals surface area contributed by atoms with E-state index in [-0.39, 0.29) is 24.5 Å². The molecular weight excluding hydrogens is 254 g/mol. The van der Waals surface area contributed by atoms with Crippen molar-refractivity contribution in [2.75, 3.05) is 6.61 Å². The minimum Gasteiger partial charge on any atom is -0.447 e. The Bertz CT molecular complexity index is 508. The van der Waals surface area contributed by atoms with Gasteiger partial charge in [0.05, 0.1) is 6.04 Å². The quantitative estimate of drug-likeness (QED) is 0.792. The third-order valence-electron chi connectivity index (χ3n) is 3.14. The molecule has 0 aliphatic carbocycles. The summed E-state index contributed by atoms with van der Waals surface area (Å²) in [5.74, 6) is -0.0349. The fraction of sp³-hybridized carbons (Fsp3) is 0.375. The van der Waals surface area contributed by atoms with Gasteiger partial charge in [-0.1, -0.05) is 50.3 Å². The van der Waals surface area contributed by atoms with Crippen LogP contribution in [-0.2, 0) is 16.0 Å². The van der Waals surface area contributed by atoms with E-state index in [1.807, 2.05) is 44.2 Å². The molecule has 4 heteroatoms. The smallest absolute Gasteiger partial charge is 0.417 e. The van der Waals surface area contributed by atoms with Crippen LogP contribution >= 0.6 is 0 Å². The molecule has 1 heterocycles. The number of ether oxygens (including phenoxy) is 1. The highest BCUT2D eigenvalue weighted by molar-refractivity contribution is 5.99. The molecule has 0 aromatic heterocycles. The lowest BCUT2D eigenvalue weighted by atomic mass is 10.1. The molecule has 20 heavy (non-hydrogen) atoms. The van der Waals surface area contributed by atoms with Crippen LogP contribution in [0.15, 0.2) is 42.5 Å². The van der Waals surface area contributed by atoms with E-state index < -0.39 is 6.09 Å². The predicted octanol–water partition coefficient (Wildman–Crippen LogP) is 2.79. The van der Waals surface area contributed by atoms with Crippen LogP contribution in [0.4, 0.5) is 4.79 Å². The highest BCUT2D eigenvalue weighted by Gasteiger charge is 2.36. The first kappa shape index (κ1) is 14.3. The van der Waals surface area contributed by atoms with Crippen molar-refractivity contribution in [1.29, 1.82) is 0 Å². The Morgan fingerprint density at radius 3 is 2.75 bits per heavy atom. The second-order valence-corrected chi connectivity index (χ2v) is 5.23. The van der Waals surface area contributed by atoms with Gasteiger partial charge in [0.1, 0.15) is 6.61 Å². The molecule has 1 aromatic rings. The molecule has 2 amide bonds. The number of amides is 2. The summed E-state index contributed by atoms with van der Waals surface area (Å²) in [5.41, 5.74) is 1.08. The molecule has 1 aromatic carbocycles. The molecular formula is C16H19NO3. The molecule has 0 bridgehead atoms. The summed E-state index contributed by atoms with van der Waals surface area (Å²) in [6.07, 6.45) is 3.31. The Labute approximate surface area is 119 Å². The molecule has 0 spiro atoms. The fourth-order valence-electron chi connectivity index (χ4n) is 2.12. The number of cyclic esters (lactones) is 1. The number of nitrogens with zero attached hydrogens (tertiary/aromatic N) is 1.